The van der Waals surface area contributed by atoms with Crippen molar-refractivity contribution in [3.05, 3.63) is 62.6 Å². The maximum Gasteiger partial charge on any atom is 0.261 e. The van der Waals surface area contributed by atoms with Crippen molar-refractivity contribution >= 4 is 39.3 Å². The first-order chi connectivity index (χ1) is 14.7. The predicted molar refractivity (Wildman–Crippen MR) is 128 cm³/mol. The van der Waals surface area contributed by atoms with Gasteiger partial charge in [0, 0.05) is 22.6 Å². The third-order valence-corrected chi connectivity index (χ3v) is 6.50. The monoisotopic (exact) mass is 508 g/mol. The average Bonchev–Trinajstić information content (AvgIpc) is 2.73. The molecule has 1 N–H and O–H groups in total. The third kappa shape index (κ3) is 7.54. The first kappa shape index (κ1) is 25.2. The zero-order valence-corrected chi connectivity index (χ0v) is 20.8. The minimum absolute atomic E-state index is 0.159. The summed E-state index contributed by atoms with van der Waals surface area (Å²) in [5.41, 5.74) is 2.91. The lowest BCUT2D eigenvalue weighted by Crippen LogP contribution is -2.49. The van der Waals surface area contributed by atoms with E-state index in [1.165, 1.54) is 4.90 Å². The summed E-state index contributed by atoms with van der Waals surface area (Å²) in [5.74, 6) is 0.171. The third-order valence-electron chi connectivity index (χ3n) is 5.01. The molecule has 0 aliphatic heterocycles. The van der Waals surface area contributed by atoms with Crippen LogP contribution in [0.2, 0.25) is 5.02 Å². The van der Waals surface area contributed by atoms with Gasteiger partial charge in [0.1, 0.15) is 11.8 Å². The molecule has 0 saturated heterocycles. The highest BCUT2D eigenvalue weighted by Crippen LogP contribution is 2.26. The second-order valence-electron chi connectivity index (χ2n) is 7.63. The van der Waals surface area contributed by atoms with Crippen LogP contribution in [0.25, 0.3) is 0 Å². The number of benzene rings is 2. The number of hydrogen-bond donors (Lipinski definition) is 1. The molecule has 5 nitrogen and oxygen atoms in total. The zero-order valence-electron chi connectivity index (χ0n) is 18.5. The van der Waals surface area contributed by atoms with Gasteiger partial charge in [0.05, 0.1) is 0 Å². The van der Waals surface area contributed by atoms with Gasteiger partial charge in [-0.15, -0.1) is 0 Å². The number of hydrogen-bond acceptors (Lipinski definition) is 3. The van der Waals surface area contributed by atoms with Gasteiger partial charge in [-0.25, -0.2) is 0 Å². The minimum atomic E-state index is -0.639. The van der Waals surface area contributed by atoms with E-state index in [4.69, 9.17) is 16.3 Å². The number of aryl methyl sites for hydroxylation is 2. The Balaban J connectivity index is 2.15. The SMILES string of the molecule is CCCCNC(=O)C(C)N(Cc1cccc(Cl)c1)C(=O)COc1cc(C)c(Br)c(C)c1. The Kier molecular flexibility index (Phi) is 9.85. The van der Waals surface area contributed by atoms with E-state index in [0.717, 1.165) is 34.0 Å². The summed E-state index contributed by atoms with van der Waals surface area (Å²) in [7, 11) is 0. The molecule has 168 valence electrons. The first-order valence-corrected chi connectivity index (χ1v) is 11.6. The zero-order chi connectivity index (χ0) is 23.0. The summed E-state index contributed by atoms with van der Waals surface area (Å²) >= 11 is 9.64. The molecule has 0 spiro atoms. The van der Waals surface area contributed by atoms with Crippen molar-refractivity contribution in [2.45, 2.75) is 53.1 Å². The number of amides is 2. The van der Waals surface area contributed by atoms with Crippen LogP contribution in [0, 0.1) is 13.8 Å². The van der Waals surface area contributed by atoms with Crippen LogP contribution in [0.15, 0.2) is 40.9 Å². The Bertz CT molecular complexity index is 896. The molecular formula is C24H30BrClN2O3. The van der Waals surface area contributed by atoms with Crippen molar-refractivity contribution in [1.29, 1.82) is 0 Å². The molecule has 0 heterocycles. The molecule has 0 bridgehead atoms. The first-order valence-electron chi connectivity index (χ1n) is 10.4. The summed E-state index contributed by atoms with van der Waals surface area (Å²) in [6.45, 7) is 8.44. The number of ether oxygens (including phenoxy) is 1. The molecule has 2 amide bonds. The van der Waals surface area contributed by atoms with Crippen molar-refractivity contribution in [3.8, 4) is 5.75 Å². The Labute approximate surface area is 198 Å². The molecule has 0 aliphatic carbocycles. The van der Waals surface area contributed by atoms with E-state index in [9.17, 15) is 9.59 Å². The number of carbonyl (C=O) groups is 2. The summed E-state index contributed by atoms with van der Waals surface area (Å²) < 4.78 is 6.81. The van der Waals surface area contributed by atoms with Crippen LogP contribution in [0.4, 0.5) is 0 Å². The fourth-order valence-electron chi connectivity index (χ4n) is 3.17. The molecule has 0 aliphatic rings. The predicted octanol–water partition coefficient (Wildman–Crippen LogP) is 5.43. The Hall–Kier alpha value is -2.05. The molecule has 0 fully saturated rings. The second-order valence-corrected chi connectivity index (χ2v) is 8.86. The molecule has 2 aromatic rings. The van der Waals surface area contributed by atoms with Gasteiger partial charge < -0.3 is 15.0 Å². The van der Waals surface area contributed by atoms with E-state index >= 15 is 0 Å². The lowest BCUT2D eigenvalue weighted by molar-refractivity contribution is -0.142. The standard InChI is InChI=1S/C24H30BrClN2O3/c1-5-6-10-27-24(30)18(4)28(14-19-8-7-9-20(26)13-19)22(29)15-31-21-11-16(2)23(25)17(3)12-21/h7-9,11-13,18H,5-6,10,14-15H2,1-4H3,(H,27,30). The molecule has 1 unspecified atom stereocenters. The fourth-order valence-corrected chi connectivity index (χ4v) is 3.61. The summed E-state index contributed by atoms with van der Waals surface area (Å²) in [4.78, 5) is 27.3. The van der Waals surface area contributed by atoms with Gasteiger partial charge in [-0.2, -0.15) is 0 Å². The largest absolute Gasteiger partial charge is 0.484 e. The van der Waals surface area contributed by atoms with Gasteiger partial charge in [0.2, 0.25) is 5.91 Å². The summed E-state index contributed by atoms with van der Waals surface area (Å²) in [5, 5.41) is 3.49. The fraction of sp³-hybridized carbons (Fsp3) is 0.417. The highest BCUT2D eigenvalue weighted by molar-refractivity contribution is 9.10. The number of nitrogens with one attached hydrogen (secondary N) is 1. The van der Waals surface area contributed by atoms with E-state index in [1.54, 1.807) is 19.1 Å². The van der Waals surface area contributed by atoms with Gasteiger partial charge in [0.15, 0.2) is 6.61 Å². The maximum atomic E-state index is 13.1. The van der Waals surface area contributed by atoms with E-state index in [0.29, 0.717) is 17.3 Å². The topological polar surface area (TPSA) is 58.6 Å². The molecular weight excluding hydrogens is 480 g/mol. The van der Waals surface area contributed by atoms with Crippen molar-refractivity contribution in [2.24, 2.45) is 0 Å². The van der Waals surface area contributed by atoms with E-state index in [2.05, 4.69) is 28.2 Å². The number of nitrogens with zero attached hydrogens (tertiary/aromatic N) is 1. The summed E-state index contributed by atoms with van der Waals surface area (Å²) in [6.07, 6.45) is 1.88. The smallest absolute Gasteiger partial charge is 0.261 e. The van der Waals surface area contributed by atoms with Crippen LogP contribution in [-0.4, -0.2) is 35.9 Å². The quantitative estimate of drug-likeness (QED) is 0.434. The van der Waals surface area contributed by atoms with Crippen molar-refractivity contribution in [2.75, 3.05) is 13.2 Å². The van der Waals surface area contributed by atoms with Crippen LogP contribution in [0.1, 0.15) is 43.4 Å². The number of carbonyl (C=O) groups excluding carboxylic acids is 2. The molecule has 1 atom stereocenters. The molecule has 0 radical (unpaired) electrons. The van der Waals surface area contributed by atoms with Crippen LogP contribution in [0.3, 0.4) is 0 Å². The second kappa shape index (κ2) is 12.1. The van der Waals surface area contributed by atoms with E-state index in [1.807, 2.05) is 38.1 Å². The van der Waals surface area contributed by atoms with E-state index in [-0.39, 0.29) is 25.0 Å². The number of unbranched alkanes of at least 4 members (excludes halogenated alkanes) is 1. The van der Waals surface area contributed by atoms with Crippen molar-refractivity contribution in [3.63, 3.8) is 0 Å². The van der Waals surface area contributed by atoms with Crippen LogP contribution in [-0.2, 0) is 16.1 Å². The van der Waals surface area contributed by atoms with Crippen molar-refractivity contribution < 1.29 is 14.3 Å². The summed E-state index contributed by atoms with van der Waals surface area (Å²) in [6, 6.07) is 10.4. The van der Waals surface area contributed by atoms with Gasteiger partial charge >= 0.3 is 0 Å². The Morgan fingerprint density at radius 1 is 1.19 bits per heavy atom. The Morgan fingerprint density at radius 3 is 2.48 bits per heavy atom. The molecule has 31 heavy (non-hydrogen) atoms. The average molecular weight is 510 g/mol. The molecule has 7 heteroatoms. The maximum absolute atomic E-state index is 13.1. The lowest BCUT2D eigenvalue weighted by atomic mass is 10.1. The van der Waals surface area contributed by atoms with Gasteiger partial charge in [-0.05, 0) is 68.1 Å². The highest BCUT2D eigenvalue weighted by Gasteiger charge is 2.26. The lowest BCUT2D eigenvalue weighted by Gasteiger charge is -2.29. The molecule has 2 rings (SSSR count). The Morgan fingerprint density at radius 2 is 1.87 bits per heavy atom. The van der Waals surface area contributed by atoms with E-state index < -0.39 is 6.04 Å². The van der Waals surface area contributed by atoms with Crippen LogP contribution < -0.4 is 10.1 Å². The molecule has 2 aromatic carbocycles. The molecule has 0 aromatic heterocycles. The van der Waals surface area contributed by atoms with Crippen LogP contribution in [0.5, 0.6) is 5.75 Å². The molecule has 0 saturated carbocycles. The van der Waals surface area contributed by atoms with Crippen molar-refractivity contribution in [1.82, 2.24) is 10.2 Å². The van der Waals surface area contributed by atoms with Gasteiger partial charge in [0.25, 0.3) is 5.91 Å². The minimum Gasteiger partial charge on any atom is -0.484 e. The highest BCUT2D eigenvalue weighted by atomic mass is 79.9. The normalized spacial score (nSPS) is 11.7. The number of rotatable bonds is 10. The van der Waals surface area contributed by atoms with Crippen LogP contribution >= 0.6 is 27.5 Å². The van der Waals surface area contributed by atoms with Gasteiger partial charge in [-0.1, -0.05) is 53.0 Å². The number of halogens is 2. The van der Waals surface area contributed by atoms with Gasteiger partial charge in [-0.3, -0.25) is 9.59 Å².